The first-order valence-corrected chi connectivity index (χ1v) is 4.32. The monoisotopic (exact) mass is 227 g/mol. The van der Waals surface area contributed by atoms with Crippen LogP contribution < -0.4 is 10.5 Å². The number of halogens is 1. The number of nitrogen functional groups attached to an aromatic ring is 1. The number of anilines is 1. The number of hydrogen-bond donors (Lipinski definition) is 1. The van der Waals surface area contributed by atoms with Crippen molar-refractivity contribution < 1.29 is 4.74 Å². The first kappa shape index (κ1) is 9.13. The Morgan fingerprint density at radius 2 is 2.33 bits per heavy atom. The Bertz CT molecular complexity index is 266. The van der Waals surface area contributed by atoms with Gasteiger partial charge in [0.05, 0.1) is 10.2 Å². The van der Waals surface area contributed by atoms with E-state index in [2.05, 4.69) is 22.5 Å². The zero-order valence-corrected chi connectivity index (χ0v) is 8.17. The van der Waals surface area contributed by atoms with Gasteiger partial charge in [0, 0.05) is 0 Å². The summed E-state index contributed by atoms with van der Waals surface area (Å²) >= 11 is 3.34. The van der Waals surface area contributed by atoms with E-state index in [1.807, 2.05) is 12.1 Å². The fraction of sp³-hybridized carbons (Fsp3) is 0.111. The van der Waals surface area contributed by atoms with Gasteiger partial charge in [0.15, 0.2) is 5.75 Å². The van der Waals surface area contributed by atoms with Crippen molar-refractivity contribution >= 4 is 21.6 Å². The maximum atomic E-state index is 5.67. The summed E-state index contributed by atoms with van der Waals surface area (Å²) in [6.45, 7) is 4.02. The van der Waals surface area contributed by atoms with Crippen LogP contribution in [0.4, 0.5) is 5.69 Å². The summed E-state index contributed by atoms with van der Waals surface area (Å²) in [6.07, 6.45) is 1.68. The molecule has 0 amide bonds. The lowest BCUT2D eigenvalue weighted by Crippen LogP contribution is -1.97. The van der Waals surface area contributed by atoms with E-state index in [1.165, 1.54) is 0 Å². The fourth-order valence-corrected chi connectivity index (χ4v) is 1.32. The Morgan fingerprint density at radius 3 is 2.92 bits per heavy atom. The molecule has 12 heavy (non-hydrogen) atoms. The number of ether oxygens (including phenoxy) is 1. The smallest absolute Gasteiger partial charge is 0.156 e. The van der Waals surface area contributed by atoms with Crippen LogP contribution in [0.25, 0.3) is 0 Å². The van der Waals surface area contributed by atoms with E-state index in [0.717, 1.165) is 4.47 Å². The molecule has 0 aromatic heterocycles. The largest absolute Gasteiger partial charge is 0.486 e. The van der Waals surface area contributed by atoms with Gasteiger partial charge in [0.25, 0.3) is 0 Å². The van der Waals surface area contributed by atoms with Crippen LogP contribution in [-0.2, 0) is 0 Å². The second-order valence-electron chi connectivity index (χ2n) is 2.26. The molecule has 0 radical (unpaired) electrons. The Kier molecular flexibility index (Phi) is 3.17. The van der Waals surface area contributed by atoms with E-state index in [4.69, 9.17) is 10.5 Å². The summed E-state index contributed by atoms with van der Waals surface area (Å²) in [5.41, 5.74) is 6.30. The van der Waals surface area contributed by atoms with Crippen LogP contribution in [0.5, 0.6) is 5.75 Å². The lowest BCUT2D eigenvalue weighted by atomic mass is 10.3. The number of nitrogens with two attached hydrogens (primary N) is 1. The number of rotatable bonds is 3. The maximum absolute atomic E-state index is 5.67. The highest BCUT2D eigenvalue weighted by molar-refractivity contribution is 9.10. The molecule has 0 fully saturated rings. The van der Waals surface area contributed by atoms with Crippen molar-refractivity contribution in [1.82, 2.24) is 0 Å². The third kappa shape index (κ3) is 2.01. The van der Waals surface area contributed by atoms with Crippen molar-refractivity contribution in [3.63, 3.8) is 0 Å². The zero-order valence-electron chi connectivity index (χ0n) is 6.59. The molecule has 1 aromatic rings. The van der Waals surface area contributed by atoms with Crippen LogP contribution >= 0.6 is 15.9 Å². The highest BCUT2D eigenvalue weighted by atomic mass is 79.9. The van der Waals surface area contributed by atoms with Gasteiger partial charge in [0.2, 0.25) is 0 Å². The molecule has 0 heterocycles. The molecule has 64 valence electrons. The average Bonchev–Trinajstić information content (AvgIpc) is 2.04. The Balaban J connectivity index is 2.88. The maximum Gasteiger partial charge on any atom is 0.156 e. The van der Waals surface area contributed by atoms with Gasteiger partial charge in [-0.15, -0.1) is 0 Å². The van der Waals surface area contributed by atoms with E-state index in [1.54, 1.807) is 12.1 Å². The quantitative estimate of drug-likeness (QED) is 0.637. The third-order valence-corrected chi connectivity index (χ3v) is 1.97. The van der Waals surface area contributed by atoms with Gasteiger partial charge in [-0.3, -0.25) is 0 Å². The average molecular weight is 228 g/mol. The van der Waals surface area contributed by atoms with Gasteiger partial charge < -0.3 is 10.5 Å². The lowest BCUT2D eigenvalue weighted by Gasteiger charge is -2.07. The van der Waals surface area contributed by atoms with Gasteiger partial charge in [-0.2, -0.15) is 0 Å². The van der Waals surface area contributed by atoms with Crippen LogP contribution in [0.3, 0.4) is 0 Å². The molecule has 0 saturated heterocycles. The number of hydrogen-bond acceptors (Lipinski definition) is 2. The van der Waals surface area contributed by atoms with Gasteiger partial charge >= 0.3 is 0 Å². The van der Waals surface area contributed by atoms with Gasteiger partial charge in [-0.1, -0.05) is 18.7 Å². The normalized spacial score (nSPS) is 9.42. The molecule has 0 atom stereocenters. The molecule has 0 aliphatic carbocycles. The molecule has 3 heteroatoms. The van der Waals surface area contributed by atoms with E-state index in [-0.39, 0.29) is 0 Å². The molecular weight excluding hydrogens is 218 g/mol. The topological polar surface area (TPSA) is 35.2 Å². The summed E-state index contributed by atoms with van der Waals surface area (Å²) in [4.78, 5) is 0. The molecule has 1 rings (SSSR count). The second kappa shape index (κ2) is 4.16. The molecule has 0 aliphatic rings. The van der Waals surface area contributed by atoms with Crippen molar-refractivity contribution in [2.45, 2.75) is 0 Å². The van der Waals surface area contributed by atoms with Crippen LogP contribution in [0.2, 0.25) is 0 Å². The molecular formula is C9H10BrNO. The van der Waals surface area contributed by atoms with E-state index in [0.29, 0.717) is 18.0 Å². The minimum Gasteiger partial charge on any atom is -0.486 e. The van der Waals surface area contributed by atoms with Crippen LogP contribution in [-0.4, -0.2) is 6.61 Å². The van der Waals surface area contributed by atoms with Gasteiger partial charge in [0.1, 0.15) is 6.61 Å². The molecule has 1 aromatic carbocycles. The summed E-state index contributed by atoms with van der Waals surface area (Å²) in [7, 11) is 0. The van der Waals surface area contributed by atoms with Crippen molar-refractivity contribution in [3.8, 4) is 5.75 Å². The van der Waals surface area contributed by atoms with Gasteiger partial charge in [-0.05, 0) is 28.1 Å². The third-order valence-electron chi connectivity index (χ3n) is 1.34. The predicted molar refractivity (Wildman–Crippen MR) is 54.2 cm³/mol. The highest BCUT2D eigenvalue weighted by Crippen LogP contribution is 2.30. The SMILES string of the molecule is C=CCOc1c(N)cccc1Br. The highest BCUT2D eigenvalue weighted by Gasteiger charge is 2.02. The second-order valence-corrected chi connectivity index (χ2v) is 3.11. The van der Waals surface area contributed by atoms with E-state index >= 15 is 0 Å². The molecule has 0 unspecified atom stereocenters. The molecule has 2 N–H and O–H groups in total. The van der Waals surface area contributed by atoms with Crippen molar-refractivity contribution in [2.75, 3.05) is 12.3 Å². The predicted octanol–water partition coefficient (Wildman–Crippen LogP) is 2.60. The van der Waals surface area contributed by atoms with Crippen LogP contribution in [0.15, 0.2) is 35.3 Å². The molecule has 0 bridgehead atoms. The van der Waals surface area contributed by atoms with Crippen molar-refractivity contribution in [3.05, 3.63) is 35.3 Å². The number of benzene rings is 1. The van der Waals surface area contributed by atoms with Crippen LogP contribution in [0, 0.1) is 0 Å². The minimum atomic E-state index is 0.465. The van der Waals surface area contributed by atoms with Gasteiger partial charge in [-0.25, -0.2) is 0 Å². The van der Waals surface area contributed by atoms with Crippen molar-refractivity contribution in [2.24, 2.45) is 0 Å². The molecule has 0 saturated carbocycles. The summed E-state index contributed by atoms with van der Waals surface area (Å²) in [6, 6.07) is 5.54. The molecule has 0 spiro atoms. The standard InChI is InChI=1S/C9H10BrNO/c1-2-6-12-9-7(10)4-3-5-8(9)11/h2-5H,1,6,11H2. The van der Waals surface area contributed by atoms with E-state index in [9.17, 15) is 0 Å². The van der Waals surface area contributed by atoms with Crippen molar-refractivity contribution in [1.29, 1.82) is 0 Å². The lowest BCUT2D eigenvalue weighted by molar-refractivity contribution is 0.363. The summed E-state index contributed by atoms with van der Waals surface area (Å²) < 4.78 is 6.19. The first-order valence-electron chi connectivity index (χ1n) is 3.53. The van der Waals surface area contributed by atoms with Crippen LogP contribution in [0.1, 0.15) is 0 Å². The minimum absolute atomic E-state index is 0.465. The summed E-state index contributed by atoms with van der Waals surface area (Å²) in [5, 5.41) is 0. The first-order chi connectivity index (χ1) is 5.75. The Labute approximate surface area is 80.2 Å². The number of para-hydroxylation sites is 1. The zero-order chi connectivity index (χ0) is 8.97. The van der Waals surface area contributed by atoms with E-state index < -0.39 is 0 Å². The Morgan fingerprint density at radius 1 is 1.58 bits per heavy atom. The molecule has 0 aliphatic heterocycles. The molecule has 2 nitrogen and oxygen atoms in total. The summed E-state index contributed by atoms with van der Waals surface area (Å²) in [5.74, 6) is 0.678. The fourth-order valence-electron chi connectivity index (χ4n) is 0.820. The Hall–Kier alpha value is -0.960.